The van der Waals surface area contributed by atoms with E-state index in [1.54, 1.807) is 0 Å². The summed E-state index contributed by atoms with van der Waals surface area (Å²) >= 11 is 0. The van der Waals surface area contributed by atoms with Crippen LogP contribution < -0.4 is 9.80 Å². The first-order chi connectivity index (χ1) is 12.0. The van der Waals surface area contributed by atoms with Crippen LogP contribution in [-0.4, -0.2) is 60.5 Å². The van der Waals surface area contributed by atoms with Gasteiger partial charge in [-0.05, 0) is 44.4 Å². The van der Waals surface area contributed by atoms with Gasteiger partial charge >= 0.3 is 0 Å². The molecule has 2 aliphatic heterocycles. The molecule has 3 fully saturated rings. The Kier molecular flexibility index (Phi) is 4.08. The summed E-state index contributed by atoms with van der Waals surface area (Å²) in [4.78, 5) is 28.0. The minimum atomic E-state index is 0.333. The molecule has 4 rings (SSSR count). The van der Waals surface area contributed by atoms with Crippen molar-refractivity contribution in [1.82, 2.24) is 14.9 Å². The number of hydrogen-bond donors (Lipinski definition) is 0. The van der Waals surface area contributed by atoms with Crippen LogP contribution in [0.3, 0.4) is 0 Å². The van der Waals surface area contributed by atoms with Crippen LogP contribution in [0.15, 0.2) is 6.07 Å². The number of aromatic nitrogens is 2. The molecule has 1 aromatic rings. The average Bonchev–Trinajstić information content (AvgIpc) is 3.42. The Labute approximate surface area is 150 Å². The van der Waals surface area contributed by atoms with Gasteiger partial charge < -0.3 is 14.7 Å². The van der Waals surface area contributed by atoms with Crippen LogP contribution in [0, 0.1) is 12.3 Å². The van der Waals surface area contributed by atoms with Crippen LogP contribution in [0.2, 0.25) is 0 Å². The first-order valence-corrected chi connectivity index (χ1v) is 9.53. The third-order valence-corrected chi connectivity index (χ3v) is 6.06. The summed E-state index contributed by atoms with van der Waals surface area (Å²) in [5.41, 5.74) is 1.34. The lowest BCUT2D eigenvalue weighted by Gasteiger charge is -2.48. The van der Waals surface area contributed by atoms with Gasteiger partial charge in [0.05, 0.1) is 0 Å². The predicted octanol–water partition coefficient (Wildman–Crippen LogP) is 2.22. The Morgan fingerprint density at radius 2 is 1.88 bits per heavy atom. The molecule has 0 aromatic carbocycles. The molecule has 0 unspecified atom stereocenters. The standard InChI is InChI=1S/C19H29N5O/c1-14-12-16(21-18(20-14)22(2)3)23-10-8-19(9-11-23)7-6-17(25)24(13-19)15-4-5-15/h12,15H,4-11,13H2,1-3H3. The van der Waals surface area contributed by atoms with Gasteiger partial charge in [-0.15, -0.1) is 0 Å². The minimum Gasteiger partial charge on any atom is -0.356 e. The van der Waals surface area contributed by atoms with Crippen LogP contribution in [0.1, 0.15) is 44.2 Å². The van der Waals surface area contributed by atoms with Crippen LogP contribution in [0.4, 0.5) is 11.8 Å². The lowest BCUT2D eigenvalue weighted by Crippen LogP contribution is -2.52. The zero-order valence-corrected chi connectivity index (χ0v) is 15.7. The fourth-order valence-corrected chi connectivity index (χ4v) is 4.28. The van der Waals surface area contributed by atoms with Gasteiger partial charge in [-0.1, -0.05) is 0 Å². The summed E-state index contributed by atoms with van der Waals surface area (Å²) in [7, 11) is 3.96. The second-order valence-electron chi connectivity index (χ2n) is 8.30. The van der Waals surface area contributed by atoms with Gasteiger partial charge in [0.2, 0.25) is 11.9 Å². The van der Waals surface area contributed by atoms with Gasteiger partial charge in [0.25, 0.3) is 0 Å². The van der Waals surface area contributed by atoms with E-state index < -0.39 is 0 Å². The molecule has 0 bridgehead atoms. The second kappa shape index (κ2) is 6.15. The summed E-state index contributed by atoms with van der Waals surface area (Å²) in [5.74, 6) is 2.20. The number of carbonyl (C=O) groups is 1. The molecule has 0 atom stereocenters. The Morgan fingerprint density at radius 1 is 1.16 bits per heavy atom. The predicted molar refractivity (Wildman–Crippen MR) is 98.9 cm³/mol. The number of likely N-dealkylation sites (tertiary alicyclic amines) is 1. The number of hydrogen-bond acceptors (Lipinski definition) is 5. The van der Waals surface area contributed by atoms with E-state index in [1.807, 2.05) is 25.9 Å². The monoisotopic (exact) mass is 343 g/mol. The van der Waals surface area contributed by atoms with Crippen molar-refractivity contribution in [3.8, 4) is 0 Å². The fraction of sp³-hybridized carbons (Fsp3) is 0.737. The van der Waals surface area contributed by atoms with Crippen LogP contribution in [0.25, 0.3) is 0 Å². The van der Waals surface area contributed by atoms with Crippen molar-refractivity contribution in [2.75, 3.05) is 43.5 Å². The molecule has 0 N–H and O–H groups in total. The van der Waals surface area contributed by atoms with E-state index in [2.05, 4.69) is 20.9 Å². The van der Waals surface area contributed by atoms with Crippen LogP contribution >= 0.6 is 0 Å². The summed E-state index contributed by atoms with van der Waals surface area (Å²) in [6.07, 6.45) is 6.54. The first-order valence-electron chi connectivity index (χ1n) is 9.53. The summed E-state index contributed by atoms with van der Waals surface area (Å²) in [5, 5.41) is 0. The highest BCUT2D eigenvalue weighted by Crippen LogP contribution is 2.44. The second-order valence-corrected chi connectivity index (χ2v) is 8.30. The van der Waals surface area contributed by atoms with E-state index in [-0.39, 0.29) is 0 Å². The van der Waals surface area contributed by atoms with E-state index in [0.717, 1.165) is 62.8 Å². The van der Waals surface area contributed by atoms with E-state index in [0.29, 0.717) is 17.4 Å². The van der Waals surface area contributed by atoms with Crippen molar-refractivity contribution in [2.24, 2.45) is 5.41 Å². The molecule has 1 aliphatic carbocycles. The van der Waals surface area contributed by atoms with Crippen LogP contribution in [-0.2, 0) is 4.79 Å². The third-order valence-electron chi connectivity index (χ3n) is 6.06. The Hall–Kier alpha value is -1.85. The maximum atomic E-state index is 12.2. The summed E-state index contributed by atoms with van der Waals surface area (Å²) < 4.78 is 0. The SMILES string of the molecule is Cc1cc(N2CCC3(CCC(=O)N(C4CC4)C3)CC2)nc(N(C)C)n1. The van der Waals surface area contributed by atoms with Gasteiger partial charge in [-0.3, -0.25) is 4.79 Å². The Bertz CT molecular complexity index is 662. The molecule has 0 radical (unpaired) electrons. The quantitative estimate of drug-likeness (QED) is 0.842. The molecule has 3 aliphatic rings. The molecule has 2 saturated heterocycles. The topological polar surface area (TPSA) is 52.6 Å². The molecule has 1 amide bonds. The molecule has 1 saturated carbocycles. The Morgan fingerprint density at radius 3 is 2.52 bits per heavy atom. The zero-order valence-electron chi connectivity index (χ0n) is 15.7. The molecule has 6 heteroatoms. The van der Waals surface area contributed by atoms with E-state index in [1.165, 1.54) is 12.8 Å². The van der Waals surface area contributed by atoms with Gasteiger partial charge in [0.15, 0.2) is 0 Å². The van der Waals surface area contributed by atoms with Gasteiger partial charge in [0.1, 0.15) is 5.82 Å². The number of rotatable bonds is 3. The van der Waals surface area contributed by atoms with E-state index >= 15 is 0 Å². The maximum Gasteiger partial charge on any atom is 0.226 e. The molecule has 6 nitrogen and oxygen atoms in total. The zero-order chi connectivity index (χ0) is 17.6. The highest BCUT2D eigenvalue weighted by atomic mass is 16.2. The average molecular weight is 343 g/mol. The normalized spacial score (nSPS) is 23.2. The number of nitrogens with zero attached hydrogens (tertiary/aromatic N) is 5. The molecule has 1 aromatic heterocycles. The number of anilines is 2. The molecular formula is C19H29N5O. The lowest BCUT2D eigenvalue weighted by molar-refractivity contribution is -0.139. The molecule has 136 valence electrons. The van der Waals surface area contributed by atoms with E-state index in [4.69, 9.17) is 4.98 Å². The van der Waals surface area contributed by atoms with E-state index in [9.17, 15) is 4.79 Å². The summed E-state index contributed by atoms with van der Waals surface area (Å²) in [6, 6.07) is 2.64. The van der Waals surface area contributed by atoms with Gasteiger partial charge in [0, 0.05) is 58.0 Å². The number of amides is 1. The fourth-order valence-electron chi connectivity index (χ4n) is 4.28. The molecule has 25 heavy (non-hydrogen) atoms. The molecular weight excluding hydrogens is 314 g/mol. The van der Waals surface area contributed by atoms with Crippen molar-refractivity contribution in [3.63, 3.8) is 0 Å². The van der Waals surface area contributed by atoms with Crippen molar-refractivity contribution in [1.29, 1.82) is 0 Å². The number of piperidine rings is 2. The highest BCUT2D eigenvalue weighted by Gasteiger charge is 2.45. The van der Waals surface area contributed by atoms with Crippen molar-refractivity contribution >= 4 is 17.7 Å². The number of aryl methyl sites for hydroxylation is 1. The molecule has 3 heterocycles. The largest absolute Gasteiger partial charge is 0.356 e. The Balaban J connectivity index is 1.45. The minimum absolute atomic E-state index is 0.333. The summed E-state index contributed by atoms with van der Waals surface area (Å²) in [6.45, 7) is 5.06. The van der Waals surface area contributed by atoms with Crippen molar-refractivity contribution in [3.05, 3.63) is 11.8 Å². The van der Waals surface area contributed by atoms with Gasteiger partial charge in [-0.25, -0.2) is 4.98 Å². The van der Waals surface area contributed by atoms with Gasteiger partial charge in [-0.2, -0.15) is 4.98 Å². The van der Waals surface area contributed by atoms with Crippen molar-refractivity contribution < 1.29 is 4.79 Å². The number of carbonyl (C=O) groups excluding carboxylic acids is 1. The third kappa shape index (κ3) is 3.31. The first kappa shape index (κ1) is 16.6. The highest BCUT2D eigenvalue weighted by molar-refractivity contribution is 5.78. The smallest absolute Gasteiger partial charge is 0.226 e. The molecule has 1 spiro atoms. The van der Waals surface area contributed by atoms with Crippen LogP contribution in [0.5, 0.6) is 0 Å². The lowest BCUT2D eigenvalue weighted by atomic mass is 9.72. The maximum absolute atomic E-state index is 12.2. The van der Waals surface area contributed by atoms with Crippen molar-refractivity contribution in [2.45, 2.75) is 51.5 Å².